The molecule has 3 aromatic heterocycles. The molecule has 1 saturated carbocycles. The molecule has 3 aromatic rings. The number of amides is 1. The number of rotatable bonds is 6. The Bertz CT molecular complexity index is 1070. The first-order valence-corrected chi connectivity index (χ1v) is 10.9. The van der Waals surface area contributed by atoms with Gasteiger partial charge in [-0.05, 0) is 32.0 Å². The van der Waals surface area contributed by atoms with Gasteiger partial charge in [-0.25, -0.2) is 9.37 Å². The van der Waals surface area contributed by atoms with Crippen molar-refractivity contribution < 1.29 is 9.18 Å². The molecule has 0 spiro atoms. The summed E-state index contributed by atoms with van der Waals surface area (Å²) in [4.78, 5) is 22.5. The van der Waals surface area contributed by atoms with Crippen molar-refractivity contribution in [1.82, 2.24) is 15.3 Å². The molecule has 0 radical (unpaired) electrons. The first-order valence-electron chi connectivity index (χ1n) is 9.98. The minimum Gasteiger partial charge on any atom is -0.365 e. The Morgan fingerprint density at radius 3 is 2.93 bits per heavy atom. The summed E-state index contributed by atoms with van der Waals surface area (Å²) in [6.07, 6.45) is 7.69. The van der Waals surface area contributed by atoms with Gasteiger partial charge in [0.05, 0.1) is 11.3 Å². The second-order valence-electron chi connectivity index (χ2n) is 7.56. The van der Waals surface area contributed by atoms with Gasteiger partial charge in [0, 0.05) is 47.0 Å². The number of fused-ring (bicyclic) bond motifs is 1. The molecule has 1 fully saturated rings. The van der Waals surface area contributed by atoms with E-state index in [1.54, 1.807) is 23.7 Å². The molecule has 3 heterocycles. The summed E-state index contributed by atoms with van der Waals surface area (Å²) in [5.74, 6) is -0.853. The number of hydrogen-bond acceptors (Lipinski definition) is 7. The molecule has 4 rings (SSSR count). The van der Waals surface area contributed by atoms with E-state index >= 15 is 0 Å². The minimum absolute atomic E-state index is 0.0155. The van der Waals surface area contributed by atoms with Crippen LogP contribution in [0.15, 0.2) is 29.9 Å². The summed E-state index contributed by atoms with van der Waals surface area (Å²) in [5, 5.41) is 9.34. The summed E-state index contributed by atoms with van der Waals surface area (Å²) in [7, 11) is 3.78. The number of hydrogen-bond donors (Lipinski definition) is 3. The summed E-state index contributed by atoms with van der Waals surface area (Å²) in [6.45, 7) is 0. The van der Waals surface area contributed by atoms with Gasteiger partial charge in [0.1, 0.15) is 5.82 Å². The number of carbonyl (C=O) groups excluding carboxylic acids is 1. The van der Waals surface area contributed by atoms with Crippen LogP contribution in [0.5, 0.6) is 0 Å². The summed E-state index contributed by atoms with van der Waals surface area (Å²) < 4.78 is 16.0. The van der Waals surface area contributed by atoms with E-state index in [4.69, 9.17) is 5.73 Å². The van der Waals surface area contributed by atoms with Gasteiger partial charge in [0.15, 0.2) is 11.6 Å². The molecule has 0 aromatic carbocycles. The van der Waals surface area contributed by atoms with E-state index in [0.29, 0.717) is 0 Å². The lowest BCUT2D eigenvalue weighted by Crippen LogP contribution is -2.50. The predicted octanol–water partition coefficient (Wildman–Crippen LogP) is 3.64. The number of primary amides is 1. The van der Waals surface area contributed by atoms with Crippen LogP contribution in [-0.4, -0.2) is 42.1 Å². The SMILES string of the molecule is CNC1CCCCC1N(C)c1nc(Nc2csc3ccncc23)c(C(N)=O)cc1F. The van der Waals surface area contributed by atoms with E-state index < -0.39 is 11.7 Å². The van der Waals surface area contributed by atoms with Crippen molar-refractivity contribution in [3.8, 4) is 0 Å². The number of anilines is 3. The van der Waals surface area contributed by atoms with Crippen molar-refractivity contribution in [2.45, 2.75) is 37.8 Å². The maximum atomic E-state index is 15.0. The second kappa shape index (κ2) is 8.53. The Labute approximate surface area is 178 Å². The number of pyridine rings is 2. The van der Waals surface area contributed by atoms with Crippen LogP contribution in [-0.2, 0) is 0 Å². The third-order valence-corrected chi connectivity index (χ3v) is 6.75. The highest BCUT2D eigenvalue weighted by Crippen LogP contribution is 2.34. The maximum absolute atomic E-state index is 15.0. The van der Waals surface area contributed by atoms with E-state index in [1.807, 2.05) is 30.4 Å². The molecule has 2 unspecified atom stereocenters. The molecule has 0 saturated heterocycles. The molecule has 0 bridgehead atoms. The van der Waals surface area contributed by atoms with Crippen LogP contribution in [0.1, 0.15) is 36.0 Å². The lowest BCUT2D eigenvalue weighted by molar-refractivity contribution is 0.100. The predicted molar refractivity (Wildman–Crippen MR) is 119 cm³/mol. The maximum Gasteiger partial charge on any atom is 0.252 e. The van der Waals surface area contributed by atoms with Crippen molar-refractivity contribution in [2.75, 3.05) is 24.3 Å². The Hall–Kier alpha value is -2.78. The Morgan fingerprint density at radius 1 is 1.37 bits per heavy atom. The van der Waals surface area contributed by atoms with Crippen molar-refractivity contribution in [2.24, 2.45) is 5.73 Å². The largest absolute Gasteiger partial charge is 0.365 e. The fourth-order valence-electron chi connectivity index (χ4n) is 4.18. The summed E-state index contributed by atoms with van der Waals surface area (Å²) in [5.41, 5.74) is 6.29. The number of halogens is 1. The number of nitrogens with one attached hydrogen (secondary N) is 2. The average molecular weight is 429 g/mol. The normalized spacial score (nSPS) is 19.0. The van der Waals surface area contributed by atoms with Gasteiger partial charge in [-0.15, -0.1) is 11.3 Å². The van der Waals surface area contributed by atoms with E-state index in [-0.39, 0.29) is 29.3 Å². The van der Waals surface area contributed by atoms with E-state index in [9.17, 15) is 9.18 Å². The standard InChI is InChI=1S/C21H25FN6OS/c1-24-15-5-3-4-6-17(15)28(2)21-14(22)9-12(19(23)29)20(27-21)26-16-11-30-18-7-8-25-10-13(16)18/h7-11,15,17,24H,3-6H2,1-2H3,(H2,23,29)(H,26,27). The van der Waals surface area contributed by atoms with Gasteiger partial charge in [-0.2, -0.15) is 0 Å². The summed E-state index contributed by atoms with van der Waals surface area (Å²) >= 11 is 1.55. The third kappa shape index (κ3) is 3.82. The highest BCUT2D eigenvalue weighted by molar-refractivity contribution is 7.17. The van der Waals surface area contributed by atoms with Crippen molar-refractivity contribution >= 4 is 44.7 Å². The molecule has 7 nitrogen and oxygen atoms in total. The third-order valence-electron chi connectivity index (χ3n) is 5.78. The smallest absolute Gasteiger partial charge is 0.252 e. The fourth-order valence-corrected chi connectivity index (χ4v) is 5.04. The zero-order valence-electron chi connectivity index (χ0n) is 17.0. The zero-order chi connectivity index (χ0) is 21.3. The summed E-state index contributed by atoms with van der Waals surface area (Å²) in [6, 6.07) is 3.46. The van der Waals surface area contributed by atoms with Crippen LogP contribution >= 0.6 is 11.3 Å². The number of thiophene rings is 1. The number of likely N-dealkylation sites (N-methyl/N-ethyl adjacent to an activating group) is 2. The molecule has 1 amide bonds. The molecular formula is C21H25FN6OS. The first kappa shape index (κ1) is 20.5. The minimum atomic E-state index is -0.735. The van der Waals surface area contributed by atoms with Crippen LogP contribution in [0.25, 0.3) is 10.1 Å². The molecule has 30 heavy (non-hydrogen) atoms. The van der Waals surface area contributed by atoms with E-state index in [0.717, 1.165) is 41.5 Å². The van der Waals surface area contributed by atoms with Crippen molar-refractivity contribution in [1.29, 1.82) is 0 Å². The van der Waals surface area contributed by atoms with Crippen LogP contribution in [0.3, 0.4) is 0 Å². The number of nitrogens with zero attached hydrogens (tertiary/aromatic N) is 3. The molecule has 0 aliphatic heterocycles. The molecule has 1 aliphatic carbocycles. The lowest BCUT2D eigenvalue weighted by Gasteiger charge is -2.38. The Kier molecular flexibility index (Phi) is 5.83. The fraction of sp³-hybridized carbons (Fsp3) is 0.381. The molecule has 4 N–H and O–H groups in total. The van der Waals surface area contributed by atoms with Crippen LogP contribution < -0.4 is 21.3 Å². The van der Waals surface area contributed by atoms with Gasteiger partial charge in [-0.3, -0.25) is 9.78 Å². The quantitative estimate of drug-likeness (QED) is 0.555. The Balaban J connectivity index is 1.73. The number of carbonyl (C=O) groups is 1. The van der Waals surface area contributed by atoms with E-state index in [1.165, 1.54) is 6.07 Å². The molecular weight excluding hydrogens is 403 g/mol. The molecule has 9 heteroatoms. The number of nitrogens with two attached hydrogens (primary N) is 1. The Morgan fingerprint density at radius 2 is 2.17 bits per heavy atom. The van der Waals surface area contributed by atoms with Crippen LogP contribution in [0, 0.1) is 5.82 Å². The van der Waals surface area contributed by atoms with Gasteiger partial charge in [-0.1, -0.05) is 12.8 Å². The lowest BCUT2D eigenvalue weighted by atomic mass is 9.89. The van der Waals surface area contributed by atoms with Crippen LogP contribution in [0.4, 0.5) is 21.7 Å². The molecule has 158 valence electrons. The highest BCUT2D eigenvalue weighted by Gasteiger charge is 2.30. The van der Waals surface area contributed by atoms with Gasteiger partial charge < -0.3 is 21.3 Å². The second-order valence-corrected chi connectivity index (χ2v) is 8.47. The van der Waals surface area contributed by atoms with Crippen LogP contribution in [0.2, 0.25) is 0 Å². The van der Waals surface area contributed by atoms with E-state index in [2.05, 4.69) is 20.6 Å². The van der Waals surface area contributed by atoms with Crippen molar-refractivity contribution in [3.05, 3.63) is 41.3 Å². The topological polar surface area (TPSA) is 96.2 Å². The van der Waals surface area contributed by atoms with Gasteiger partial charge >= 0.3 is 0 Å². The molecule has 2 atom stereocenters. The molecule has 1 aliphatic rings. The van der Waals surface area contributed by atoms with Gasteiger partial charge in [0.25, 0.3) is 5.91 Å². The zero-order valence-corrected chi connectivity index (χ0v) is 17.8. The van der Waals surface area contributed by atoms with Crippen molar-refractivity contribution in [3.63, 3.8) is 0 Å². The first-order chi connectivity index (χ1) is 14.5. The highest BCUT2D eigenvalue weighted by atomic mass is 32.1. The average Bonchev–Trinajstić information content (AvgIpc) is 3.17. The monoisotopic (exact) mass is 428 g/mol. The van der Waals surface area contributed by atoms with Gasteiger partial charge in [0.2, 0.25) is 0 Å². The number of aromatic nitrogens is 2.